The Labute approximate surface area is 71.1 Å². The second-order valence-corrected chi connectivity index (χ2v) is 3.39. The molecule has 0 aromatic carbocycles. The molecule has 1 aromatic heterocycles. The van der Waals surface area contributed by atoms with Crippen molar-refractivity contribution in [1.82, 2.24) is 9.13 Å². The van der Waals surface area contributed by atoms with Crippen molar-refractivity contribution >= 4 is 0 Å². The standard InChI is InChI=1S/C8H14N2O2/c1-6(2)4-10-7(11)5-9(3)8(10)12/h5-6,11H,4H2,1-3H3. The Kier molecular flexibility index (Phi) is 2.26. The lowest BCUT2D eigenvalue weighted by Crippen LogP contribution is -2.23. The molecule has 0 bridgehead atoms. The van der Waals surface area contributed by atoms with E-state index in [1.807, 2.05) is 13.8 Å². The smallest absolute Gasteiger partial charge is 0.330 e. The van der Waals surface area contributed by atoms with Crippen LogP contribution in [0.15, 0.2) is 11.0 Å². The van der Waals surface area contributed by atoms with Gasteiger partial charge in [-0.25, -0.2) is 4.79 Å². The number of aromatic nitrogens is 2. The van der Waals surface area contributed by atoms with Crippen molar-refractivity contribution in [3.05, 3.63) is 16.7 Å². The van der Waals surface area contributed by atoms with Crippen LogP contribution in [-0.2, 0) is 13.6 Å². The summed E-state index contributed by atoms with van der Waals surface area (Å²) in [7, 11) is 1.62. The van der Waals surface area contributed by atoms with Crippen LogP contribution in [0.1, 0.15) is 13.8 Å². The quantitative estimate of drug-likeness (QED) is 0.704. The monoisotopic (exact) mass is 170 g/mol. The van der Waals surface area contributed by atoms with Crippen LogP contribution >= 0.6 is 0 Å². The van der Waals surface area contributed by atoms with E-state index in [9.17, 15) is 9.90 Å². The van der Waals surface area contributed by atoms with Crippen molar-refractivity contribution in [2.24, 2.45) is 13.0 Å². The van der Waals surface area contributed by atoms with Gasteiger partial charge in [-0.15, -0.1) is 0 Å². The molecular formula is C8H14N2O2. The Morgan fingerprint density at radius 2 is 2.17 bits per heavy atom. The summed E-state index contributed by atoms with van der Waals surface area (Å²) in [5.74, 6) is 0.396. The molecule has 12 heavy (non-hydrogen) atoms. The van der Waals surface area contributed by atoms with E-state index in [0.29, 0.717) is 12.5 Å². The first kappa shape index (κ1) is 8.90. The highest BCUT2D eigenvalue weighted by Crippen LogP contribution is 2.07. The van der Waals surface area contributed by atoms with Gasteiger partial charge in [-0.3, -0.25) is 9.13 Å². The number of rotatable bonds is 2. The fourth-order valence-electron chi connectivity index (χ4n) is 1.12. The molecule has 1 rings (SSSR count). The second-order valence-electron chi connectivity index (χ2n) is 3.39. The van der Waals surface area contributed by atoms with Crippen molar-refractivity contribution in [3.8, 4) is 5.88 Å². The Bertz CT molecular complexity index is 322. The molecule has 1 heterocycles. The van der Waals surface area contributed by atoms with Crippen LogP contribution < -0.4 is 5.69 Å². The zero-order chi connectivity index (χ0) is 9.30. The molecule has 1 N–H and O–H groups in total. The first-order valence-electron chi connectivity index (χ1n) is 3.97. The van der Waals surface area contributed by atoms with Crippen LogP contribution in [0.3, 0.4) is 0 Å². The molecule has 0 amide bonds. The molecule has 1 aromatic rings. The van der Waals surface area contributed by atoms with Gasteiger partial charge in [-0.05, 0) is 5.92 Å². The Morgan fingerprint density at radius 1 is 1.58 bits per heavy atom. The van der Waals surface area contributed by atoms with Crippen LogP contribution in [-0.4, -0.2) is 14.2 Å². The highest BCUT2D eigenvalue weighted by molar-refractivity contribution is 5.04. The predicted octanol–water partition coefficient (Wildman–Crippen LogP) is 0.548. The minimum absolute atomic E-state index is 0.0381. The van der Waals surface area contributed by atoms with Crippen molar-refractivity contribution in [3.63, 3.8) is 0 Å². The summed E-state index contributed by atoms with van der Waals surface area (Å²) in [6.07, 6.45) is 1.42. The topological polar surface area (TPSA) is 47.2 Å². The highest BCUT2D eigenvalue weighted by Gasteiger charge is 2.08. The van der Waals surface area contributed by atoms with Gasteiger partial charge >= 0.3 is 5.69 Å². The molecule has 0 unspecified atom stereocenters. The van der Waals surface area contributed by atoms with Crippen LogP contribution in [0.4, 0.5) is 0 Å². The number of hydrogen-bond acceptors (Lipinski definition) is 2. The van der Waals surface area contributed by atoms with E-state index >= 15 is 0 Å². The van der Waals surface area contributed by atoms with Crippen LogP contribution in [0.25, 0.3) is 0 Å². The van der Waals surface area contributed by atoms with Gasteiger partial charge in [0.1, 0.15) is 0 Å². The first-order chi connectivity index (χ1) is 5.52. The molecule has 0 radical (unpaired) electrons. The van der Waals surface area contributed by atoms with Gasteiger partial charge in [-0.1, -0.05) is 13.8 Å². The van der Waals surface area contributed by atoms with Gasteiger partial charge in [-0.2, -0.15) is 0 Å². The molecule has 4 nitrogen and oxygen atoms in total. The number of nitrogens with zero attached hydrogens (tertiary/aromatic N) is 2. The van der Waals surface area contributed by atoms with Crippen molar-refractivity contribution in [2.75, 3.05) is 0 Å². The van der Waals surface area contributed by atoms with E-state index in [-0.39, 0.29) is 11.6 Å². The molecule has 0 saturated carbocycles. The summed E-state index contributed by atoms with van der Waals surface area (Å²) in [6, 6.07) is 0. The van der Waals surface area contributed by atoms with Crippen LogP contribution in [0.5, 0.6) is 5.88 Å². The normalized spacial score (nSPS) is 11.0. The molecule has 0 aliphatic carbocycles. The molecule has 0 saturated heterocycles. The van der Waals surface area contributed by atoms with Crippen LogP contribution in [0, 0.1) is 5.92 Å². The summed E-state index contributed by atoms with van der Waals surface area (Å²) < 4.78 is 2.74. The van der Waals surface area contributed by atoms with Gasteiger partial charge in [0.2, 0.25) is 5.88 Å². The third kappa shape index (κ3) is 1.52. The molecule has 68 valence electrons. The molecule has 0 aliphatic rings. The van der Waals surface area contributed by atoms with Gasteiger partial charge in [0, 0.05) is 13.6 Å². The minimum atomic E-state index is -0.166. The lowest BCUT2D eigenvalue weighted by atomic mass is 10.2. The Morgan fingerprint density at radius 3 is 2.50 bits per heavy atom. The van der Waals surface area contributed by atoms with Gasteiger partial charge in [0.25, 0.3) is 0 Å². The summed E-state index contributed by atoms with van der Waals surface area (Å²) >= 11 is 0. The average molecular weight is 170 g/mol. The van der Waals surface area contributed by atoms with Gasteiger partial charge in [0.15, 0.2) is 0 Å². The van der Waals surface area contributed by atoms with Crippen molar-refractivity contribution < 1.29 is 5.11 Å². The van der Waals surface area contributed by atoms with E-state index in [4.69, 9.17) is 0 Å². The van der Waals surface area contributed by atoms with E-state index < -0.39 is 0 Å². The molecule has 0 aliphatic heterocycles. The molecular weight excluding hydrogens is 156 g/mol. The number of aromatic hydroxyl groups is 1. The maximum Gasteiger partial charge on any atom is 0.330 e. The Balaban J connectivity index is 3.06. The first-order valence-corrected chi connectivity index (χ1v) is 3.97. The average Bonchev–Trinajstić information content (AvgIpc) is 2.16. The molecule has 0 atom stereocenters. The maximum atomic E-state index is 11.3. The van der Waals surface area contributed by atoms with Crippen LogP contribution in [0.2, 0.25) is 0 Å². The van der Waals surface area contributed by atoms with Crippen molar-refractivity contribution in [2.45, 2.75) is 20.4 Å². The molecule has 0 spiro atoms. The largest absolute Gasteiger partial charge is 0.493 e. The van der Waals surface area contributed by atoms with E-state index in [1.165, 1.54) is 15.3 Å². The van der Waals surface area contributed by atoms with E-state index in [2.05, 4.69) is 0 Å². The number of aryl methyl sites for hydroxylation is 1. The fourth-order valence-corrected chi connectivity index (χ4v) is 1.12. The minimum Gasteiger partial charge on any atom is -0.493 e. The second kappa shape index (κ2) is 3.05. The van der Waals surface area contributed by atoms with E-state index in [1.54, 1.807) is 7.05 Å². The zero-order valence-corrected chi connectivity index (χ0v) is 7.61. The number of imidazole rings is 1. The van der Waals surface area contributed by atoms with E-state index in [0.717, 1.165) is 0 Å². The lowest BCUT2D eigenvalue weighted by molar-refractivity contribution is 0.389. The van der Waals surface area contributed by atoms with Crippen molar-refractivity contribution in [1.29, 1.82) is 0 Å². The summed E-state index contributed by atoms with van der Waals surface area (Å²) in [5, 5.41) is 9.30. The zero-order valence-electron chi connectivity index (χ0n) is 7.61. The lowest BCUT2D eigenvalue weighted by Gasteiger charge is -2.04. The predicted molar refractivity (Wildman–Crippen MR) is 46.2 cm³/mol. The third-order valence-corrected chi connectivity index (χ3v) is 1.67. The maximum absolute atomic E-state index is 11.3. The summed E-state index contributed by atoms with van der Waals surface area (Å²) in [6.45, 7) is 4.56. The summed E-state index contributed by atoms with van der Waals surface area (Å²) in [5.41, 5.74) is -0.166. The summed E-state index contributed by atoms with van der Waals surface area (Å²) in [4.78, 5) is 11.3. The molecule has 4 heteroatoms. The SMILES string of the molecule is CC(C)Cn1c(O)cn(C)c1=O. The Hall–Kier alpha value is -1.19. The fraction of sp³-hybridized carbons (Fsp3) is 0.625. The van der Waals surface area contributed by atoms with Gasteiger partial charge < -0.3 is 5.11 Å². The number of hydrogen-bond donors (Lipinski definition) is 1. The molecule has 0 fully saturated rings. The van der Waals surface area contributed by atoms with Gasteiger partial charge in [0.05, 0.1) is 6.20 Å². The third-order valence-electron chi connectivity index (χ3n) is 1.67. The highest BCUT2D eigenvalue weighted by atomic mass is 16.3.